The first-order valence-corrected chi connectivity index (χ1v) is 8.37. The fraction of sp³-hybridized carbons (Fsp3) is 0.133. The third-order valence-electron chi connectivity index (χ3n) is 3.05. The van der Waals surface area contributed by atoms with Crippen LogP contribution in [0.3, 0.4) is 0 Å². The van der Waals surface area contributed by atoms with Crippen molar-refractivity contribution in [3.05, 3.63) is 53.6 Å². The van der Waals surface area contributed by atoms with Crippen LogP contribution in [0, 0.1) is 0 Å². The van der Waals surface area contributed by atoms with Gasteiger partial charge in [0, 0.05) is 5.02 Å². The van der Waals surface area contributed by atoms with Crippen LogP contribution in [-0.2, 0) is 14.8 Å². The fourth-order valence-electron chi connectivity index (χ4n) is 2.01. The molecule has 0 saturated heterocycles. The van der Waals surface area contributed by atoms with Crippen molar-refractivity contribution in [2.75, 3.05) is 18.0 Å². The molecule has 0 fully saturated rings. The molecule has 0 bridgehead atoms. The summed E-state index contributed by atoms with van der Waals surface area (Å²) >= 11 is 5.79. The van der Waals surface area contributed by atoms with Crippen molar-refractivity contribution >= 4 is 33.2 Å². The SMILES string of the molecule is COc1ccccc1N(CC(N)=O)S(=O)(=O)c1ccc(Cl)cc1. The zero-order chi connectivity index (χ0) is 17.0. The van der Waals surface area contributed by atoms with Crippen molar-refractivity contribution in [3.63, 3.8) is 0 Å². The van der Waals surface area contributed by atoms with Crippen LogP contribution in [0.15, 0.2) is 53.4 Å². The molecule has 8 heteroatoms. The molecule has 0 spiro atoms. The number of hydrogen-bond donors (Lipinski definition) is 1. The predicted molar refractivity (Wildman–Crippen MR) is 88.2 cm³/mol. The first kappa shape index (κ1) is 17.1. The highest BCUT2D eigenvalue weighted by Crippen LogP contribution is 2.32. The van der Waals surface area contributed by atoms with Crippen LogP contribution in [0.5, 0.6) is 5.75 Å². The number of amides is 1. The van der Waals surface area contributed by atoms with E-state index in [0.717, 1.165) is 4.31 Å². The van der Waals surface area contributed by atoms with Crippen molar-refractivity contribution in [2.24, 2.45) is 5.73 Å². The van der Waals surface area contributed by atoms with Gasteiger partial charge in [0.2, 0.25) is 5.91 Å². The van der Waals surface area contributed by atoms with Gasteiger partial charge in [-0.1, -0.05) is 23.7 Å². The molecule has 0 unspecified atom stereocenters. The second-order valence-corrected chi connectivity index (χ2v) is 6.90. The molecule has 0 aromatic heterocycles. The lowest BCUT2D eigenvalue weighted by molar-refractivity contribution is -0.116. The molecule has 122 valence electrons. The van der Waals surface area contributed by atoms with Crippen molar-refractivity contribution in [2.45, 2.75) is 4.90 Å². The number of methoxy groups -OCH3 is 1. The summed E-state index contributed by atoms with van der Waals surface area (Å²) in [6.07, 6.45) is 0. The van der Waals surface area contributed by atoms with Gasteiger partial charge < -0.3 is 10.5 Å². The highest BCUT2D eigenvalue weighted by atomic mass is 35.5. The number of carbonyl (C=O) groups excluding carboxylic acids is 1. The molecule has 0 saturated carbocycles. The number of sulfonamides is 1. The average molecular weight is 355 g/mol. The molecule has 23 heavy (non-hydrogen) atoms. The maximum absolute atomic E-state index is 12.9. The molecule has 2 aromatic rings. The van der Waals surface area contributed by atoms with E-state index in [1.165, 1.54) is 37.4 Å². The van der Waals surface area contributed by atoms with E-state index in [-0.39, 0.29) is 10.6 Å². The Hall–Kier alpha value is -2.25. The first-order valence-electron chi connectivity index (χ1n) is 6.56. The molecule has 2 N–H and O–H groups in total. The Balaban J connectivity index is 2.58. The van der Waals surface area contributed by atoms with Crippen LogP contribution in [0.2, 0.25) is 5.02 Å². The Bertz CT molecular complexity index is 806. The number of carbonyl (C=O) groups is 1. The van der Waals surface area contributed by atoms with Crippen LogP contribution in [-0.4, -0.2) is 28.0 Å². The number of nitrogens with two attached hydrogens (primary N) is 1. The summed E-state index contributed by atoms with van der Waals surface area (Å²) in [7, 11) is -2.59. The van der Waals surface area contributed by atoms with Gasteiger partial charge in [-0.15, -0.1) is 0 Å². The van der Waals surface area contributed by atoms with Gasteiger partial charge in [-0.05, 0) is 36.4 Å². The van der Waals surface area contributed by atoms with Crippen molar-refractivity contribution in [3.8, 4) is 5.75 Å². The van der Waals surface area contributed by atoms with Gasteiger partial charge in [0.25, 0.3) is 10.0 Å². The second kappa shape index (κ2) is 6.89. The zero-order valence-corrected chi connectivity index (χ0v) is 13.8. The van der Waals surface area contributed by atoms with E-state index in [4.69, 9.17) is 22.1 Å². The third-order valence-corrected chi connectivity index (χ3v) is 5.08. The monoisotopic (exact) mass is 354 g/mol. The number of para-hydroxylation sites is 2. The van der Waals surface area contributed by atoms with Gasteiger partial charge in [0.1, 0.15) is 12.3 Å². The minimum Gasteiger partial charge on any atom is -0.495 e. The third kappa shape index (κ3) is 3.75. The Morgan fingerprint density at radius 3 is 2.35 bits per heavy atom. The summed E-state index contributed by atoms with van der Waals surface area (Å²) in [5.41, 5.74) is 5.44. The second-order valence-electron chi connectivity index (χ2n) is 4.60. The van der Waals surface area contributed by atoms with Crippen LogP contribution in [0.25, 0.3) is 0 Å². The lowest BCUT2D eigenvalue weighted by Gasteiger charge is -2.24. The van der Waals surface area contributed by atoms with Crippen LogP contribution in [0.4, 0.5) is 5.69 Å². The molecule has 0 aliphatic carbocycles. The molecule has 0 atom stereocenters. The molecular formula is C15H15ClN2O4S. The van der Waals surface area contributed by atoms with Crippen molar-refractivity contribution < 1.29 is 17.9 Å². The summed E-state index contributed by atoms with van der Waals surface area (Å²) in [6, 6.07) is 12.1. The standard InChI is InChI=1S/C15H15ClN2O4S/c1-22-14-5-3-2-4-13(14)18(10-15(17)19)23(20,21)12-8-6-11(16)7-9-12/h2-9H,10H2,1H3,(H2,17,19). The summed E-state index contributed by atoms with van der Waals surface area (Å²) in [5, 5.41) is 0.405. The number of rotatable bonds is 6. The lowest BCUT2D eigenvalue weighted by atomic mass is 10.3. The van der Waals surface area contributed by atoms with E-state index in [2.05, 4.69) is 0 Å². The molecule has 0 aliphatic rings. The summed E-state index contributed by atoms with van der Waals surface area (Å²) < 4.78 is 31.8. The lowest BCUT2D eigenvalue weighted by Crippen LogP contribution is -2.38. The normalized spacial score (nSPS) is 11.0. The number of ether oxygens (including phenoxy) is 1. The van der Waals surface area contributed by atoms with E-state index in [1.807, 2.05) is 0 Å². The summed E-state index contributed by atoms with van der Waals surface area (Å²) in [6.45, 7) is -0.509. The number of hydrogen-bond acceptors (Lipinski definition) is 4. The predicted octanol–water partition coefficient (Wildman–Crippen LogP) is 2.03. The number of primary amides is 1. The number of benzene rings is 2. The van der Waals surface area contributed by atoms with E-state index in [9.17, 15) is 13.2 Å². The molecule has 0 aliphatic heterocycles. The Labute approximate surface area is 139 Å². The van der Waals surface area contributed by atoms with E-state index < -0.39 is 22.5 Å². The minimum absolute atomic E-state index is 0.00550. The Kier molecular flexibility index (Phi) is 5.12. The average Bonchev–Trinajstić information content (AvgIpc) is 2.52. The molecule has 0 radical (unpaired) electrons. The Morgan fingerprint density at radius 1 is 1.17 bits per heavy atom. The maximum atomic E-state index is 12.9. The van der Waals surface area contributed by atoms with E-state index in [0.29, 0.717) is 10.8 Å². The van der Waals surface area contributed by atoms with Gasteiger partial charge in [0.15, 0.2) is 0 Å². The number of nitrogens with zero attached hydrogens (tertiary/aromatic N) is 1. The highest BCUT2D eigenvalue weighted by molar-refractivity contribution is 7.92. The maximum Gasteiger partial charge on any atom is 0.264 e. The largest absolute Gasteiger partial charge is 0.495 e. The molecule has 2 aromatic carbocycles. The molecular weight excluding hydrogens is 340 g/mol. The van der Waals surface area contributed by atoms with Gasteiger partial charge in [-0.2, -0.15) is 0 Å². The van der Waals surface area contributed by atoms with Crippen LogP contribution in [0.1, 0.15) is 0 Å². The van der Waals surface area contributed by atoms with Crippen molar-refractivity contribution in [1.29, 1.82) is 0 Å². The van der Waals surface area contributed by atoms with Gasteiger partial charge in [-0.3, -0.25) is 9.10 Å². The number of halogens is 1. The topological polar surface area (TPSA) is 89.7 Å². The molecule has 1 amide bonds. The molecule has 2 rings (SSSR count). The Morgan fingerprint density at radius 2 is 1.78 bits per heavy atom. The van der Waals surface area contributed by atoms with Gasteiger partial charge in [-0.25, -0.2) is 8.42 Å². The highest BCUT2D eigenvalue weighted by Gasteiger charge is 2.28. The summed E-state index contributed by atoms with van der Waals surface area (Å²) in [4.78, 5) is 11.4. The molecule has 0 heterocycles. The smallest absolute Gasteiger partial charge is 0.264 e. The van der Waals surface area contributed by atoms with Crippen LogP contribution < -0.4 is 14.8 Å². The first-order chi connectivity index (χ1) is 10.9. The zero-order valence-electron chi connectivity index (χ0n) is 12.3. The van der Waals surface area contributed by atoms with Crippen LogP contribution >= 0.6 is 11.6 Å². The van der Waals surface area contributed by atoms with Gasteiger partial charge >= 0.3 is 0 Å². The fourth-order valence-corrected chi connectivity index (χ4v) is 3.58. The summed E-state index contributed by atoms with van der Waals surface area (Å²) in [5.74, 6) is -0.472. The van der Waals surface area contributed by atoms with Gasteiger partial charge in [0.05, 0.1) is 17.7 Å². The minimum atomic E-state index is -4.00. The van der Waals surface area contributed by atoms with Crippen molar-refractivity contribution in [1.82, 2.24) is 0 Å². The number of anilines is 1. The molecule has 6 nitrogen and oxygen atoms in total. The quantitative estimate of drug-likeness (QED) is 0.859. The van der Waals surface area contributed by atoms with E-state index in [1.54, 1.807) is 18.2 Å². The van der Waals surface area contributed by atoms with E-state index >= 15 is 0 Å².